The van der Waals surface area contributed by atoms with E-state index in [2.05, 4.69) is 17.5 Å². The number of ether oxygens (including phenoxy) is 1. The van der Waals surface area contributed by atoms with Crippen LogP contribution in [0.3, 0.4) is 0 Å². The maximum atomic E-state index is 5.32. The van der Waals surface area contributed by atoms with Crippen molar-refractivity contribution < 1.29 is 9.15 Å². The van der Waals surface area contributed by atoms with Crippen LogP contribution < -0.4 is 0 Å². The quantitative estimate of drug-likeness (QED) is 0.553. The van der Waals surface area contributed by atoms with Crippen molar-refractivity contribution in [1.29, 1.82) is 0 Å². The lowest BCUT2D eigenvalue weighted by Crippen LogP contribution is -2.22. The molecule has 0 aromatic carbocycles. The van der Waals surface area contributed by atoms with Crippen molar-refractivity contribution in [3.63, 3.8) is 0 Å². The van der Waals surface area contributed by atoms with E-state index in [0.29, 0.717) is 0 Å². The topological polar surface area (TPSA) is 25.6 Å². The summed E-state index contributed by atoms with van der Waals surface area (Å²) in [5.41, 5.74) is 0. The van der Waals surface area contributed by atoms with Gasteiger partial charge < -0.3 is 9.15 Å². The molecule has 0 N–H and O–H groups in total. The van der Waals surface area contributed by atoms with Crippen molar-refractivity contribution >= 4 is 12.6 Å². The van der Waals surface area contributed by atoms with Crippen LogP contribution in [0.2, 0.25) is 0 Å². The first-order valence-electron chi connectivity index (χ1n) is 4.72. The average Bonchev–Trinajstić information content (AvgIpc) is 2.65. The summed E-state index contributed by atoms with van der Waals surface area (Å²) < 4.78 is 10.6. The highest BCUT2D eigenvalue weighted by Crippen LogP contribution is 2.02. The maximum Gasteiger partial charge on any atom is 0.117 e. The van der Waals surface area contributed by atoms with E-state index in [1.54, 1.807) is 6.26 Å². The molecule has 4 heteroatoms. The minimum absolute atomic E-state index is 0.720. The van der Waals surface area contributed by atoms with Crippen LogP contribution in [0.4, 0.5) is 0 Å². The molecule has 0 atom stereocenters. The van der Waals surface area contributed by atoms with Gasteiger partial charge in [0.05, 0.1) is 26.0 Å². The fourth-order valence-electron chi connectivity index (χ4n) is 1.13. The molecule has 1 aromatic heterocycles. The molecule has 0 unspecified atom stereocenters. The molecular weight excluding hydrogens is 198 g/mol. The van der Waals surface area contributed by atoms with Gasteiger partial charge in [0, 0.05) is 12.3 Å². The van der Waals surface area contributed by atoms with Gasteiger partial charge in [0.25, 0.3) is 0 Å². The van der Waals surface area contributed by atoms with Crippen LogP contribution >= 0.6 is 12.6 Å². The van der Waals surface area contributed by atoms with Gasteiger partial charge in [0.2, 0.25) is 0 Å². The number of thiol groups is 1. The summed E-state index contributed by atoms with van der Waals surface area (Å²) in [6, 6.07) is 3.88. The van der Waals surface area contributed by atoms with Gasteiger partial charge in [-0.3, -0.25) is 4.90 Å². The van der Waals surface area contributed by atoms with Crippen molar-refractivity contribution in [2.75, 3.05) is 32.6 Å². The molecule has 0 bridgehead atoms. The first kappa shape index (κ1) is 11.6. The molecule has 0 amide bonds. The molecule has 0 aliphatic rings. The molecule has 1 aromatic rings. The summed E-state index contributed by atoms with van der Waals surface area (Å²) in [4.78, 5) is 2.16. The molecule has 0 saturated heterocycles. The van der Waals surface area contributed by atoms with Gasteiger partial charge in [-0.05, 0) is 19.2 Å². The largest absolute Gasteiger partial charge is 0.468 e. The number of rotatable bonds is 7. The predicted molar refractivity (Wildman–Crippen MR) is 59.7 cm³/mol. The van der Waals surface area contributed by atoms with Gasteiger partial charge in [-0.15, -0.1) is 0 Å². The molecule has 14 heavy (non-hydrogen) atoms. The minimum atomic E-state index is 0.720. The third-order valence-corrected chi connectivity index (χ3v) is 2.04. The van der Waals surface area contributed by atoms with Crippen LogP contribution in [-0.4, -0.2) is 37.5 Å². The highest BCUT2D eigenvalue weighted by atomic mass is 32.1. The Labute approximate surface area is 90.4 Å². The molecule has 0 fully saturated rings. The first-order valence-corrected chi connectivity index (χ1v) is 5.35. The van der Waals surface area contributed by atoms with Crippen molar-refractivity contribution in [3.05, 3.63) is 24.2 Å². The number of likely N-dealkylation sites (N-methyl/N-ethyl adjacent to an activating group) is 1. The third kappa shape index (κ3) is 4.69. The molecule has 80 valence electrons. The fourth-order valence-corrected chi connectivity index (χ4v) is 1.26. The Balaban J connectivity index is 2.07. The van der Waals surface area contributed by atoms with E-state index in [1.807, 2.05) is 19.2 Å². The van der Waals surface area contributed by atoms with E-state index in [4.69, 9.17) is 9.15 Å². The Hall–Kier alpha value is -0.450. The van der Waals surface area contributed by atoms with E-state index < -0.39 is 0 Å². The van der Waals surface area contributed by atoms with Crippen LogP contribution in [0.5, 0.6) is 0 Å². The number of furan rings is 1. The lowest BCUT2D eigenvalue weighted by atomic mass is 10.4. The molecule has 0 radical (unpaired) electrons. The van der Waals surface area contributed by atoms with E-state index in [1.165, 1.54) is 0 Å². The minimum Gasteiger partial charge on any atom is -0.468 e. The monoisotopic (exact) mass is 215 g/mol. The highest BCUT2D eigenvalue weighted by Gasteiger charge is 2.01. The Morgan fingerprint density at radius 2 is 2.36 bits per heavy atom. The molecule has 1 rings (SSSR count). The average molecular weight is 215 g/mol. The van der Waals surface area contributed by atoms with Gasteiger partial charge in [-0.2, -0.15) is 12.6 Å². The smallest absolute Gasteiger partial charge is 0.117 e. The summed E-state index contributed by atoms with van der Waals surface area (Å²) in [5, 5.41) is 0. The zero-order valence-electron chi connectivity index (χ0n) is 8.48. The van der Waals surface area contributed by atoms with E-state index >= 15 is 0 Å². The third-order valence-electron chi connectivity index (χ3n) is 1.86. The summed E-state index contributed by atoms with van der Waals surface area (Å²) in [6.07, 6.45) is 1.70. The molecule has 0 saturated carbocycles. The van der Waals surface area contributed by atoms with E-state index in [9.17, 15) is 0 Å². The fraction of sp³-hybridized carbons (Fsp3) is 0.600. The molecule has 3 nitrogen and oxygen atoms in total. The van der Waals surface area contributed by atoms with Gasteiger partial charge in [-0.25, -0.2) is 0 Å². The van der Waals surface area contributed by atoms with Gasteiger partial charge >= 0.3 is 0 Å². The zero-order valence-corrected chi connectivity index (χ0v) is 9.37. The van der Waals surface area contributed by atoms with Crippen molar-refractivity contribution in [1.82, 2.24) is 4.90 Å². The number of nitrogens with zero attached hydrogens (tertiary/aromatic N) is 1. The van der Waals surface area contributed by atoms with Crippen LogP contribution in [0.25, 0.3) is 0 Å². The molecule has 1 heterocycles. The van der Waals surface area contributed by atoms with E-state index in [0.717, 1.165) is 37.8 Å². The van der Waals surface area contributed by atoms with Crippen LogP contribution in [0.1, 0.15) is 5.76 Å². The normalized spacial score (nSPS) is 11.1. The maximum absolute atomic E-state index is 5.32. The Morgan fingerprint density at radius 3 is 3.00 bits per heavy atom. The first-order chi connectivity index (χ1) is 6.83. The summed E-state index contributed by atoms with van der Waals surface area (Å²) in [7, 11) is 2.05. The van der Waals surface area contributed by atoms with Crippen molar-refractivity contribution in [3.8, 4) is 0 Å². The second kappa shape index (κ2) is 6.92. The SMILES string of the molecule is CN(CCOCCS)Cc1ccco1. The zero-order chi connectivity index (χ0) is 10.2. The lowest BCUT2D eigenvalue weighted by molar-refractivity contribution is 0.120. The van der Waals surface area contributed by atoms with Crippen molar-refractivity contribution in [2.24, 2.45) is 0 Å². The highest BCUT2D eigenvalue weighted by molar-refractivity contribution is 7.80. The van der Waals surface area contributed by atoms with Crippen LogP contribution in [0, 0.1) is 0 Å². The van der Waals surface area contributed by atoms with Gasteiger partial charge in [-0.1, -0.05) is 0 Å². The predicted octanol–water partition coefficient (Wildman–Crippen LogP) is 1.66. The second-order valence-corrected chi connectivity index (χ2v) is 3.60. The summed E-state index contributed by atoms with van der Waals surface area (Å²) in [6.45, 7) is 3.21. The molecule has 0 aliphatic heterocycles. The Bertz CT molecular complexity index is 226. The molecule has 0 aliphatic carbocycles. The van der Waals surface area contributed by atoms with Crippen LogP contribution in [-0.2, 0) is 11.3 Å². The van der Waals surface area contributed by atoms with Gasteiger partial charge in [0.15, 0.2) is 0 Å². The second-order valence-electron chi connectivity index (χ2n) is 3.15. The van der Waals surface area contributed by atoms with Crippen molar-refractivity contribution in [2.45, 2.75) is 6.54 Å². The van der Waals surface area contributed by atoms with Gasteiger partial charge in [0.1, 0.15) is 5.76 Å². The van der Waals surface area contributed by atoms with E-state index in [-0.39, 0.29) is 0 Å². The van der Waals surface area contributed by atoms with Crippen LogP contribution in [0.15, 0.2) is 22.8 Å². The molecule has 0 spiro atoms. The summed E-state index contributed by atoms with van der Waals surface area (Å²) in [5.74, 6) is 1.77. The Kier molecular flexibility index (Phi) is 5.75. The standard InChI is InChI=1S/C10H17NO2S/c1-11(4-6-12-7-8-14)9-10-3-2-5-13-10/h2-3,5,14H,4,6-9H2,1H3. The summed E-state index contributed by atoms with van der Waals surface area (Å²) >= 11 is 4.06. The molecular formula is C10H17NO2S. The Morgan fingerprint density at radius 1 is 1.50 bits per heavy atom. The number of hydrogen-bond donors (Lipinski definition) is 1. The lowest BCUT2D eigenvalue weighted by Gasteiger charge is -2.14. The number of hydrogen-bond acceptors (Lipinski definition) is 4.